The summed E-state index contributed by atoms with van der Waals surface area (Å²) < 4.78 is 0. The second kappa shape index (κ2) is 6.47. The summed E-state index contributed by atoms with van der Waals surface area (Å²) in [5.41, 5.74) is 0. The molecule has 2 atom stereocenters. The van der Waals surface area contributed by atoms with Gasteiger partial charge >= 0.3 is 12.0 Å². The Morgan fingerprint density at radius 3 is 1.82 bits per heavy atom. The van der Waals surface area contributed by atoms with E-state index in [4.69, 9.17) is 5.11 Å². The molecule has 0 radical (unpaired) electrons. The van der Waals surface area contributed by atoms with Crippen molar-refractivity contribution in [1.29, 1.82) is 0 Å². The van der Waals surface area contributed by atoms with Crippen LogP contribution in [-0.4, -0.2) is 41.1 Å². The third-order valence-corrected chi connectivity index (χ3v) is 3.11. The second-order valence-electron chi connectivity index (χ2n) is 5.10. The number of amides is 2. The highest BCUT2D eigenvalue weighted by molar-refractivity contribution is 5.82. The molecule has 0 spiro atoms. The van der Waals surface area contributed by atoms with Crippen molar-refractivity contribution in [2.45, 2.75) is 46.7 Å². The molecule has 0 fully saturated rings. The lowest BCUT2D eigenvalue weighted by Crippen LogP contribution is -2.51. The van der Waals surface area contributed by atoms with Crippen LogP contribution in [0, 0.1) is 11.8 Å². The fraction of sp³-hybridized carbons (Fsp3) is 0.833. The minimum Gasteiger partial charge on any atom is -0.480 e. The smallest absolute Gasteiger partial charge is 0.326 e. The van der Waals surface area contributed by atoms with Gasteiger partial charge in [-0.1, -0.05) is 27.7 Å². The maximum Gasteiger partial charge on any atom is 0.326 e. The molecule has 0 heterocycles. The first-order valence-corrected chi connectivity index (χ1v) is 5.94. The van der Waals surface area contributed by atoms with Gasteiger partial charge in [-0.2, -0.15) is 0 Å². The number of rotatable bonds is 5. The van der Waals surface area contributed by atoms with Crippen molar-refractivity contribution in [2.75, 3.05) is 7.05 Å². The Balaban J connectivity index is 4.56. The summed E-state index contributed by atoms with van der Waals surface area (Å²) in [5.74, 6) is -0.814. The standard InChI is InChI=1S/C12H24N2O3/c1-7(2)9(5)14(6)12(17)13-10(8(3)4)11(15)16/h7-10H,1-6H3,(H,13,17)(H,15,16)/t9?,10-/m1/s1. The SMILES string of the molecule is CC(C)C(C)N(C)C(=O)N[C@@H](C(=O)O)C(C)C. The Kier molecular flexibility index (Phi) is 5.99. The molecule has 0 aliphatic heterocycles. The van der Waals surface area contributed by atoms with Crippen LogP contribution in [0.25, 0.3) is 0 Å². The number of nitrogens with zero attached hydrogens (tertiary/aromatic N) is 1. The van der Waals surface area contributed by atoms with E-state index in [2.05, 4.69) is 5.32 Å². The van der Waals surface area contributed by atoms with Gasteiger partial charge in [-0.3, -0.25) is 0 Å². The van der Waals surface area contributed by atoms with Crippen molar-refractivity contribution in [3.63, 3.8) is 0 Å². The Labute approximate surface area is 103 Å². The van der Waals surface area contributed by atoms with E-state index >= 15 is 0 Å². The fourth-order valence-corrected chi connectivity index (χ4v) is 1.38. The van der Waals surface area contributed by atoms with Gasteiger partial charge in [0.2, 0.25) is 0 Å². The normalized spacial score (nSPS) is 14.6. The molecular weight excluding hydrogens is 220 g/mol. The molecule has 0 rings (SSSR count). The summed E-state index contributed by atoms with van der Waals surface area (Å²) in [6, 6.07) is -1.12. The number of carbonyl (C=O) groups is 2. The van der Waals surface area contributed by atoms with E-state index < -0.39 is 12.0 Å². The second-order valence-corrected chi connectivity index (χ2v) is 5.10. The topological polar surface area (TPSA) is 69.6 Å². The van der Waals surface area contributed by atoms with Crippen LogP contribution >= 0.6 is 0 Å². The van der Waals surface area contributed by atoms with Crippen molar-refractivity contribution in [3.05, 3.63) is 0 Å². The fourth-order valence-electron chi connectivity index (χ4n) is 1.38. The van der Waals surface area contributed by atoms with Gasteiger partial charge in [0, 0.05) is 13.1 Å². The van der Waals surface area contributed by atoms with Gasteiger partial charge in [0.05, 0.1) is 0 Å². The van der Waals surface area contributed by atoms with E-state index in [9.17, 15) is 9.59 Å². The summed E-state index contributed by atoms with van der Waals surface area (Å²) in [4.78, 5) is 24.4. The number of urea groups is 1. The molecule has 17 heavy (non-hydrogen) atoms. The lowest BCUT2D eigenvalue weighted by atomic mass is 10.0. The van der Waals surface area contributed by atoms with Crippen molar-refractivity contribution in [1.82, 2.24) is 10.2 Å². The van der Waals surface area contributed by atoms with Crippen molar-refractivity contribution in [2.24, 2.45) is 11.8 Å². The van der Waals surface area contributed by atoms with Crippen LogP contribution in [0.15, 0.2) is 0 Å². The molecule has 0 aromatic rings. The molecular formula is C12H24N2O3. The third-order valence-electron chi connectivity index (χ3n) is 3.11. The minimum atomic E-state index is -1.00. The van der Waals surface area contributed by atoms with Gasteiger partial charge < -0.3 is 15.3 Å². The minimum absolute atomic E-state index is 0.0663. The number of hydrogen-bond acceptors (Lipinski definition) is 2. The summed E-state index contributed by atoms with van der Waals surface area (Å²) >= 11 is 0. The number of carboxylic acids is 1. The van der Waals surface area contributed by atoms with Gasteiger partial charge in [0.15, 0.2) is 0 Å². The summed E-state index contributed by atoms with van der Waals surface area (Å²) in [6.45, 7) is 9.52. The zero-order valence-electron chi connectivity index (χ0n) is 11.5. The number of hydrogen-bond donors (Lipinski definition) is 2. The lowest BCUT2D eigenvalue weighted by Gasteiger charge is -2.30. The zero-order chi connectivity index (χ0) is 13.7. The molecule has 0 saturated heterocycles. The Bertz CT molecular complexity index is 277. The molecule has 1 unspecified atom stereocenters. The van der Waals surface area contributed by atoms with Crippen molar-refractivity contribution >= 4 is 12.0 Å². The first-order valence-electron chi connectivity index (χ1n) is 5.94. The van der Waals surface area contributed by atoms with Gasteiger partial charge in [0.25, 0.3) is 0 Å². The van der Waals surface area contributed by atoms with Crippen molar-refractivity contribution in [3.8, 4) is 0 Å². The number of carbonyl (C=O) groups excluding carboxylic acids is 1. The highest BCUT2D eigenvalue weighted by Crippen LogP contribution is 2.09. The number of aliphatic carboxylic acids is 1. The van der Waals surface area contributed by atoms with E-state index in [0.29, 0.717) is 5.92 Å². The first-order chi connectivity index (χ1) is 7.68. The zero-order valence-corrected chi connectivity index (χ0v) is 11.5. The van der Waals surface area contributed by atoms with Gasteiger partial charge in [-0.25, -0.2) is 9.59 Å². The number of nitrogens with one attached hydrogen (secondary N) is 1. The molecule has 2 amide bonds. The lowest BCUT2D eigenvalue weighted by molar-refractivity contribution is -0.140. The predicted octanol–water partition coefficient (Wildman–Crippen LogP) is 1.78. The molecule has 0 saturated carbocycles. The maximum atomic E-state index is 11.9. The number of carboxylic acid groups (broad SMARTS) is 1. The molecule has 2 N–H and O–H groups in total. The highest BCUT2D eigenvalue weighted by atomic mass is 16.4. The molecule has 5 heteroatoms. The van der Waals surface area contributed by atoms with Gasteiger partial charge in [0.1, 0.15) is 6.04 Å². The maximum absolute atomic E-state index is 11.9. The van der Waals surface area contributed by atoms with E-state index in [1.54, 1.807) is 25.8 Å². The van der Waals surface area contributed by atoms with E-state index in [-0.39, 0.29) is 18.0 Å². The summed E-state index contributed by atoms with van der Waals surface area (Å²) in [7, 11) is 1.68. The first kappa shape index (κ1) is 15.7. The molecule has 5 nitrogen and oxygen atoms in total. The molecule has 0 aromatic carbocycles. The van der Waals surface area contributed by atoms with E-state index in [1.807, 2.05) is 20.8 Å². The van der Waals surface area contributed by atoms with Crippen molar-refractivity contribution < 1.29 is 14.7 Å². The average molecular weight is 244 g/mol. The Hall–Kier alpha value is -1.26. The van der Waals surface area contributed by atoms with E-state index in [1.165, 1.54) is 0 Å². The average Bonchev–Trinajstić information content (AvgIpc) is 2.22. The van der Waals surface area contributed by atoms with E-state index in [0.717, 1.165) is 0 Å². The van der Waals surface area contributed by atoms with Gasteiger partial charge in [-0.15, -0.1) is 0 Å². The largest absolute Gasteiger partial charge is 0.480 e. The van der Waals surface area contributed by atoms with Crippen LogP contribution in [0.3, 0.4) is 0 Å². The molecule has 0 aliphatic rings. The van der Waals surface area contributed by atoms with Crippen LogP contribution in [-0.2, 0) is 4.79 Å². The molecule has 0 bridgehead atoms. The van der Waals surface area contributed by atoms with Crippen LogP contribution < -0.4 is 5.32 Å². The van der Waals surface area contributed by atoms with Crippen LogP contribution in [0.5, 0.6) is 0 Å². The summed E-state index contributed by atoms with van der Waals surface area (Å²) in [5, 5.41) is 11.5. The van der Waals surface area contributed by atoms with Gasteiger partial charge in [-0.05, 0) is 18.8 Å². The molecule has 0 aromatic heterocycles. The molecule has 0 aliphatic carbocycles. The Morgan fingerprint density at radius 2 is 1.53 bits per heavy atom. The van der Waals surface area contributed by atoms with Crippen LogP contribution in [0.2, 0.25) is 0 Å². The summed E-state index contributed by atoms with van der Waals surface area (Å²) in [6.07, 6.45) is 0. The highest BCUT2D eigenvalue weighted by Gasteiger charge is 2.26. The quantitative estimate of drug-likeness (QED) is 0.774. The van der Waals surface area contributed by atoms with Crippen LogP contribution in [0.1, 0.15) is 34.6 Å². The third kappa shape index (κ3) is 4.63. The van der Waals surface area contributed by atoms with Crippen LogP contribution in [0.4, 0.5) is 4.79 Å². The molecule has 100 valence electrons. The predicted molar refractivity (Wildman–Crippen MR) is 66.9 cm³/mol. The Morgan fingerprint density at radius 1 is 1.06 bits per heavy atom. The monoisotopic (exact) mass is 244 g/mol.